The first kappa shape index (κ1) is 56.9. The van der Waals surface area contributed by atoms with Crippen LogP contribution in [0.1, 0.15) is 124 Å². The summed E-state index contributed by atoms with van der Waals surface area (Å²) in [5.41, 5.74) is 5.39. The molecule has 2 aliphatic rings. The third-order valence-corrected chi connectivity index (χ3v) is 18.1. The van der Waals surface area contributed by atoms with Gasteiger partial charge in [0.05, 0.1) is 48.6 Å². The van der Waals surface area contributed by atoms with E-state index in [0.717, 1.165) is 46.8 Å². The van der Waals surface area contributed by atoms with Gasteiger partial charge < -0.3 is 24.5 Å². The van der Waals surface area contributed by atoms with Crippen molar-refractivity contribution in [2.24, 2.45) is 11.8 Å². The lowest BCUT2D eigenvalue weighted by Crippen LogP contribution is -2.26. The Kier molecular flexibility index (Phi) is 17.9. The van der Waals surface area contributed by atoms with Crippen molar-refractivity contribution in [1.82, 2.24) is 19.1 Å². The van der Waals surface area contributed by atoms with Crippen LogP contribution >= 0.6 is 15.9 Å². The van der Waals surface area contributed by atoms with E-state index in [1.165, 1.54) is 123 Å². The number of aromatic nitrogens is 4. The zero-order chi connectivity index (χ0) is 54.5. The summed E-state index contributed by atoms with van der Waals surface area (Å²) in [6.45, 7) is 15.7. The smallest absolute Gasteiger partial charge is 0.303 e. The third kappa shape index (κ3) is 13.8. The maximum atomic E-state index is 13.4. The Bertz CT molecular complexity index is 3220. The SMILES string of the molecule is CC(=O)OCC(=O)Nc1ccc(S(=O)(=O)N(C)c2ccc3c(c2)nc(C(C)(C)C)n3CC2CCCCC2)cc1.CN(c1ccc2c(c1)nc(C(C)(C)C)n2CC1CCCCC1)S(=O)(=O)c1ccc(NC(=O)CBr)cc1. The molecular weight excluding hydrogens is 1060 g/mol. The fraction of sp³-hybridized carbons (Fsp3) is 0.482. The number of esters is 1. The van der Waals surface area contributed by atoms with E-state index in [0.29, 0.717) is 34.6 Å². The second-order valence-corrected chi connectivity index (χ2v) is 26.4. The van der Waals surface area contributed by atoms with Crippen LogP contribution in [0.25, 0.3) is 22.1 Å². The first-order valence-corrected chi connectivity index (χ1v) is 29.9. The predicted octanol–water partition coefficient (Wildman–Crippen LogP) is 11.3. The molecule has 2 fully saturated rings. The highest BCUT2D eigenvalue weighted by Gasteiger charge is 2.30. The normalized spacial score (nSPS) is 15.0. The monoisotopic (exact) mass is 1130 g/mol. The van der Waals surface area contributed by atoms with E-state index in [9.17, 15) is 31.2 Å². The average Bonchev–Trinajstić information content (AvgIpc) is 3.94. The highest BCUT2D eigenvalue weighted by atomic mass is 79.9. The number of nitrogens with one attached hydrogen (secondary N) is 2. The van der Waals surface area contributed by atoms with E-state index < -0.39 is 38.5 Å². The van der Waals surface area contributed by atoms with E-state index in [4.69, 9.17) is 9.97 Å². The van der Waals surface area contributed by atoms with Gasteiger partial charge in [0.25, 0.3) is 26.0 Å². The van der Waals surface area contributed by atoms with Crippen LogP contribution in [0.5, 0.6) is 0 Å². The Morgan fingerprint density at radius 3 is 1.32 bits per heavy atom. The predicted molar refractivity (Wildman–Crippen MR) is 302 cm³/mol. The molecule has 0 radical (unpaired) electrons. The quantitative estimate of drug-likeness (QED) is 0.0738. The van der Waals surface area contributed by atoms with Crippen LogP contribution in [0.4, 0.5) is 22.7 Å². The van der Waals surface area contributed by atoms with Crippen LogP contribution in [0.2, 0.25) is 0 Å². The summed E-state index contributed by atoms with van der Waals surface area (Å²) >= 11 is 3.10. The summed E-state index contributed by atoms with van der Waals surface area (Å²) in [5, 5.41) is 5.44. The number of alkyl halides is 1. The van der Waals surface area contributed by atoms with Crippen molar-refractivity contribution in [3.8, 4) is 0 Å². The number of amides is 2. The molecule has 75 heavy (non-hydrogen) atoms. The number of hydrogen-bond donors (Lipinski definition) is 2. The van der Waals surface area contributed by atoms with Gasteiger partial charge in [-0.15, -0.1) is 0 Å². The summed E-state index contributed by atoms with van der Waals surface area (Å²) in [7, 11) is -4.58. The Morgan fingerprint density at radius 1 is 0.600 bits per heavy atom. The van der Waals surface area contributed by atoms with Crippen LogP contribution in [0.3, 0.4) is 0 Å². The molecule has 2 N–H and O–H groups in total. The van der Waals surface area contributed by atoms with Gasteiger partial charge in [-0.3, -0.25) is 23.0 Å². The first-order valence-electron chi connectivity index (χ1n) is 25.9. The van der Waals surface area contributed by atoms with Gasteiger partial charge in [0.2, 0.25) is 5.91 Å². The minimum atomic E-state index is -3.87. The Hall–Kier alpha value is -5.79. The molecule has 0 bridgehead atoms. The van der Waals surface area contributed by atoms with E-state index in [1.807, 2.05) is 36.4 Å². The van der Waals surface area contributed by atoms with Crippen LogP contribution in [-0.2, 0) is 63.1 Å². The van der Waals surface area contributed by atoms with Gasteiger partial charge in [-0.1, -0.05) is 96.0 Å². The molecule has 19 heteroatoms. The molecule has 0 saturated heterocycles. The molecule has 8 rings (SSSR count). The number of rotatable bonds is 15. The van der Waals surface area contributed by atoms with Crippen LogP contribution < -0.4 is 19.2 Å². The number of carbonyl (C=O) groups is 3. The van der Waals surface area contributed by atoms with Gasteiger partial charge >= 0.3 is 5.97 Å². The minimum Gasteiger partial charge on any atom is -0.456 e. The number of nitrogens with zero attached hydrogens (tertiary/aromatic N) is 6. The van der Waals surface area contributed by atoms with Crippen LogP contribution in [-0.4, -0.2) is 79.8 Å². The molecule has 2 amide bonds. The van der Waals surface area contributed by atoms with E-state index in [-0.39, 0.29) is 31.9 Å². The lowest BCUT2D eigenvalue weighted by atomic mass is 9.88. The lowest BCUT2D eigenvalue weighted by Gasteiger charge is -2.26. The molecule has 0 aliphatic heterocycles. The number of ether oxygens (including phenoxy) is 1. The molecule has 0 unspecified atom stereocenters. The highest BCUT2D eigenvalue weighted by Crippen LogP contribution is 2.36. The number of sulfonamides is 2. The van der Waals surface area contributed by atoms with Crippen molar-refractivity contribution in [3.63, 3.8) is 0 Å². The van der Waals surface area contributed by atoms with E-state index in [2.05, 4.69) is 82.0 Å². The molecular formula is C56H73BrN8O8S2. The fourth-order valence-corrected chi connectivity index (χ4v) is 12.5. The lowest BCUT2D eigenvalue weighted by molar-refractivity contribution is -0.144. The third-order valence-electron chi connectivity index (χ3n) is 14.0. The van der Waals surface area contributed by atoms with Crippen molar-refractivity contribution >= 4 is 98.6 Å². The topological polar surface area (TPSA) is 195 Å². The van der Waals surface area contributed by atoms with Crippen LogP contribution in [0, 0.1) is 11.8 Å². The van der Waals surface area contributed by atoms with Gasteiger partial charge in [-0.05, 0) is 122 Å². The number of carbonyl (C=O) groups excluding carboxylic acids is 3. The van der Waals surface area contributed by atoms with Crippen LogP contribution in [0.15, 0.2) is 94.7 Å². The summed E-state index contributed by atoms with van der Waals surface area (Å²) < 4.78 is 65.5. The Balaban J connectivity index is 0.000000219. The number of fused-ring (bicyclic) bond motifs is 2. The van der Waals surface area contributed by atoms with E-state index >= 15 is 0 Å². The number of imidazole rings is 2. The fourth-order valence-electron chi connectivity index (χ4n) is 9.97. The van der Waals surface area contributed by atoms with Crippen molar-refractivity contribution in [1.29, 1.82) is 0 Å². The Labute approximate surface area is 451 Å². The largest absolute Gasteiger partial charge is 0.456 e. The summed E-state index contributed by atoms with van der Waals surface area (Å²) in [5.74, 6) is 2.07. The molecule has 16 nitrogen and oxygen atoms in total. The summed E-state index contributed by atoms with van der Waals surface area (Å²) in [4.78, 5) is 44.5. The molecule has 2 saturated carbocycles. The molecule has 0 atom stereocenters. The standard InChI is InChI=1S/C29H38N4O5S.C27H35BrN4O3S/c1-20(34)38-19-27(35)30-22-11-14-24(15-12-22)39(36,37)32(5)23-13-16-26-25(17-23)31-28(29(2,3)4)33(26)18-21-9-7-6-8-10-21;1-27(2,3)26-30-23-16-21(12-15-24(23)32(26)18-19-8-6-5-7-9-19)31(4)36(34,35)22-13-10-20(11-14-22)29-25(33)17-28/h11-17,21H,6-10,18-19H2,1-5H3,(H,30,35);10-16,19H,5-9,17-18H2,1-4H3,(H,29,33). The highest BCUT2D eigenvalue weighted by molar-refractivity contribution is 9.09. The molecule has 2 heterocycles. The molecule has 0 spiro atoms. The van der Waals surface area contributed by atoms with Gasteiger partial charge in [0.1, 0.15) is 11.6 Å². The van der Waals surface area contributed by atoms with Gasteiger partial charge in [0, 0.05) is 56.3 Å². The van der Waals surface area contributed by atoms with Crippen molar-refractivity contribution < 1.29 is 36.0 Å². The molecule has 2 aromatic heterocycles. The second-order valence-electron chi connectivity index (χ2n) is 22.0. The molecule has 2 aliphatic carbocycles. The number of anilines is 4. The van der Waals surface area contributed by atoms with E-state index in [1.54, 1.807) is 19.2 Å². The summed E-state index contributed by atoms with van der Waals surface area (Å²) in [6.07, 6.45) is 12.7. The number of halogens is 1. The molecule has 404 valence electrons. The van der Waals surface area contributed by atoms with Gasteiger partial charge in [-0.25, -0.2) is 26.8 Å². The zero-order valence-corrected chi connectivity index (χ0v) is 48.0. The first-order chi connectivity index (χ1) is 35.4. The average molecular weight is 1130 g/mol. The number of hydrogen-bond acceptors (Lipinski definition) is 10. The Morgan fingerprint density at radius 2 is 0.973 bits per heavy atom. The second kappa shape index (κ2) is 23.6. The van der Waals surface area contributed by atoms with Gasteiger partial charge in [0.15, 0.2) is 6.61 Å². The van der Waals surface area contributed by atoms with Crippen molar-refractivity contribution in [2.75, 3.05) is 45.3 Å². The molecule has 6 aromatic rings. The maximum Gasteiger partial charge on any atom is 0.303 e. The maximum absolute atomic E-state index is 13.4. The molecule has 4 aromatic carbocycles. The number of benzene rings is 4. The van der Waals surface area contributed by atoms with Crippen molar-refractivity contribution in [2.45, 2.75) is 146 Å². The van der Waals surface area contributed by atoms with Crippen molar-refractivity contribution in [3.05, 3.63) is 96.6 Å². The summed E-state index contributed by atoms with van der Waals surface area (Å²) in [6, 6.07) is 23.4. The zero-order valence-electron chi connectivity index (χ0n) is 44.8. The van der Waals surface area contributed by atoms with Gasteiger partial charge in [-0.2, -0.15) is 0 Å². The minimum absolute atomic E-state index is 0.0845.